The summed E-state index contributed by atoms with van der Waals surface area (Å²) < 4.78 is 5.31. The topological polar surface area (TPSA) is 126 Å². The van der Waals surface area contributed by atoms with Crippen LogP contribution in [0.15, 0.2) is 91.1 Å². The van der Waals surface area contributed by atoms with Gasteiger partial charge in [0.1, 0.15) is 18.7 Å². The van der Waals surface area contributed by atoms with Crippen molar-refractivity contribution in [1.82, 2.24) is 15.6 Å². The predicted molar refractivity (Wildman–Crippen MR) is 137 cm³/mol. The number of hydrogen-bond acceptors (Lipinski definition) is 4. The number of aromatic amines is 1. The van der Waals surface area contributed by atoms with Gasteiger partial charge in [-0.15, -0.1) is 0 Å². The van der Waals surface area contributed by atoms with E-state index in [9.17, 15) is 14.4 Å². The number of carbonyl (C=O) groups is 3. The lowest BCUT2D eigenvalue weighted by Crippen LogP contribution is -2.54. The molecule has 1 aromatic heterocycles. The molecule has 36 heavy (non-hydrogen) atoms. The summed E-state index contributed by atoms with van der Waals surface area (Å²) in [7, 11) is 0. The number of ether oxygens (including phenoxy) is 1. The number of rotatable bonds is 10. The third-order valence-corrected chi connectivity index (χ3v) is 5.86. The van der Waals surface area contributed by atoms with Gasteiger partial charge < -0.3 is 26.1 Å². The van der Waals surface area contributed by atoms with E-state index < -0.39 is 30.0 Å². The first-order chi connectivity index (χ1) is 17.5. The quantitative estimate of drug-likeness (QED) is 0.276. The van der Waals surface area contributed by atoms with Crippen LogP contribution in [0.3, 0.4) is 0 Å². The van der Waals surface area contributed by atoms with Crippen LogP contribution in [0, 0.1) is 0 Å². The Hall–Kier alpha value is -4.59. The van der Waals surface area contributed by atoms with E-state index in [0.717, 1.165) is 27.6 Å². The van der Waals surface area contributed by atoms with Gasteiger partial charge in [0, 0.05) is 29.9 Å². The number of para-hydroxylation sites is 1. The monoisotopic (exact) mass is 484 g/mol. The van der Waals surface area contributed by atoms with Crippen molar-refractivity contribution in [3.05, 3.63) is 108 Å². The van der Waals surface area contributed by atoms with Crippen LogP contribution in [0.1, 0.15) is 16.7 Å². The van der Waals surface area contributed by atoms with E-state index in [2.05, 4.69) is 15.6 Å². The Morgan fingerprint density at radius 1 is 0.778 bits per heavy atom. The highest BCUT2D eigenvalue weighted by Gasteiger charge is 2.27. The lowest BCUT2D eigenvalue weighted by atomic mass is 10.0. The summed E-state index contributed by atoms with van der Waals surface area (Å²) in [5, 5.41) is 6.30. The minimum Gasteiger partial charge on any atom is -0.445 e. The van der Waals surface area contributed by atoms with E-state index in [-0.39, 0.29) is 19.4 Å². The summed E-state index contributed by atoms with van der Waals surface area (Å²) in [6, 6.07) is 24.3. The van der Waals surface area contributed by atoms with Gasteiger partial charge in [-0.1, -0.05) is 78.9 Å². The molecule has 0 aliphatic rings. The molecule has 0 fully saturated rings. The van der Waals surface area contributed by atoms with Crippen molar-refractivity contribution in [1.29, 1.82) is 0 Å². The van der Waals surface area contributed by atoms with E-state index in [1.54, 1.807) is 6.20 Å². The van der Waals surface area contributed by atoms with Gasteiger partial charge in [0.2, 0.25) is 11.8 Å². The first-order valence-corrected chi connectivity index (χ1v) is 11.7. The Balaban J connectivity index is 1.46. The lowest BCUT2D eigenvalue weighted by molar-refractivity contribution is -0.128. The predicted octanol–water partition coefficient (Wildman–Crippen LogP) is 3.22. The number of amides is 3. The second-order valence-corrected chi connectivity index (χ2v) is 8.48. The van der Waals surface area contributed by atoms with Gasteiger partial charge >= 0.3 is 6.09 Å². The summed E-state index contributed by atoms with van der Waals surface area (Å²) >= 11 is 0. The van der Waals surface area contributed by atoms with Crippen LogP contribution < -0.4 is 16.4 Å². The van der Waals surface area contributed by atoms with Crippen LogP contribution >= 0.6 is 0 Å². The van der Waals surface area contributed by atoms with Crippen molar-refractivity contribution in [3.63, 3.8) is 0 Å². The molecule has 5 N–H and O–H groups in total. The van der Waals surface area contributed by atoms with Crippen molar-refractivity contribution in [2.24, 2.45) is 5.73 Å². The maximum absolute atomic E-state index is 13.3. The highest BCUT2D eigenvalue weighted by Crippen LogP contribution is 2.19. The number of aromatic nitrogens is 1. The smallest absolute Gasteiger partial charge is 0.408 e. The molecular formula is C28H28N4O4. The van der Waals surface area contributed by atoms with Crippen LogP contribution in [-0.4, -0.2) is 35.0 Å². The SMILES string of the molecule is NC(=O)[C@@H](Cc1c[nH]c2ccccc12)NC(=O)[C@@H](Cc1ccccc1)NC(=O)OCc1ccccc1. The first kappa shape index (κ1) is 24.5. The molecule has 0 aliphatic heterocycles. The van der Waals surface area contributed by atoms with Crippen LogP contribution in [0.4, 0.5) is 4.79 Å². The molecule has 3 aromatic carbocycles. The average molecular weight is 485 g/mol. The molecule has 3 amide bonds. The normalized spacial score (nSPS) is 12.4. The number of fused-ring (bicyclic) bond motifs is 1. The zero-order valence-electron chi connectivity index (χ0n) is 19.6. The molecule has 0 saturated heterocycles. The fraction of sp³-hybridized carbons (Fsp3) is 0.179. The summed E-state index contributed by atoms with van der Waals surface area (Å²) in [5.74, 6) is -1.20. The van der Waals surface area contributed by atoms with Crippen molar-refractivity contribution >= 4 is 28.8 Å². The van der Waals surface area contributed by atoms with Gasteiger partial charge in [0.15, 0.2) is 0 Å². The molecule has 0 aliphatic carbocycles. The minimum absolute atomic E-state index is 0.0663. The van der Waals surface area contributed by atoms with E-state index in [1.165, 1.54) is 0 Å². The summed E-state index contributed by atoms with van der Waals surface area (Å²) in [5.41, 5.74) is 9.07. The number of benzene rings is 3. The molecule has 8 heteroatoms. The van der Waals surface area contributed by atoms with Crippen molar-refractivity contribution in [2.75, 3.05) is 0 Å². The molecular weight excluding hydrogens is 456 g/mol. The maximum atomic E-state index is 13.3. The minimum atomic E-state index is -0.972. The number of hydrogen-bond donors (Lipinski definition) is 4. The Labute approximate surface area is 208 Å². The van der Waals surface area contributed by atoms with E-state index in [1.807, 2.05) is 84.9 Å². The lowest BCUT2D eigenvalue weighted by Gasteiger charge is -2.22. The van der Waals surface area contributed by atoms with Gasteiger partial charge in [-0.05, 0) is 22.8 Å². The molecule has 0 saturated carbocycles. The van der Waals surface area contributed by atoms with Gasteiger partial charge in [-0.3, -0.25) is 9.59 Å². The molecule has 2 atom stereocenters. The van der Waals surface area contributed by atoms with Crippen molar-refractivity contribution < 1.29 is 19.1 Å². The molecule has 0 radical (unpaired) electrons. The van der Waals surface area contributed by atoms with E-state index >= 15 is 0 Å². The summed E-state index contributed by atoms with van der Waals surface area (Å²) in [4.78, 5) is 41.2. The van der Waals surface area contributed by atoms with Gasteiger partial charge in [0.05, 0.1) is 0 Å². The fourth-order valence-electron chi connectivity index (χ4n) is 3.98. The van der Waals surface area contributed by atoms with Crippen molar-refractivity contribution in [3.8, 4) is 0 Å². The van der Waals surface area contributed by atoms with Crippen molar-refractivity contribution in [2.45, 2.75) is 31.5 Å². The zero-order chi connectivity index (χ0) is 25.3. The second kappa shape index (κ2) is 11.7. The van der Waals surface area contributed by atoms with Crippen LogP contribution in [0.5, 0.6) is 0 Å². The van der Waals surface area contributed by atoms with Gasteiger partial charge in [0.25, 0.3) is 0 Å². The summed E-state index contributed by atoms with van der Waals surface area (Å²) in [6.07, 6.45) is 1.49. The number of nitrogens with two attached hydrogens (primary N) is 1. The third kappa shape index (κ3) is 6.50. The standard InChI is InChI=1S/C28H28N4O4/c29-26(33)24(16-21-17-30-23-14-8-7-13-22(21)23)31-27(34)25(15-19-9-3-1-4-10-19)32-28(35)36-18-20-11-5-2-6-12-20/h1-14,17,24-25,30H,15-16,18H2,(H2,29,33)(H,31,34)(H,32,35)/t24-,25-/m1/s1. The largest absolute Gasteiger partial charge is 0.445 e. The Bertz CT molecular complexity index is 1320. The number of carbonyl (C=O) groups excluding carboxylic acids is 3. The van der Waals surface area contributed by atoms with Crippen LogP contribution in [0.25, 0.3) is 10.9 Å². The second-order valence-electron chi connectivity index (χ2n) is 8.48. The van der Waals surface area contributed by atoms with Gasteiger partial charge in [-0.2, -0.15) is 0 Å². The number of primary amides is 1. The summed E-state index contributed by atoms with van der Waals surface area (Å²) in [6.45, 7) is 0.0663. The Kier molecular flexibility index (Phi) is 7.97. The molecule has 1 heterocycles. The molecule has 184 valence electrons. The van der Waals surface area contributed by atoms with E-state index in [0.29, 0.717) is 0 Å². The molecule has 4 aromatic rings. The fourth-order valence-corrected chi connectivity index (χ4v) is 3.98. The maximum Gasteiger partial charge on any atom is 0.408 e. The Morgan fingerprint density at radius 3 is 2.11 bits per heavy atom. The average Bonchev–Trinajstić information content (AvgIpc) is 3.30. The first-order valence-electron chi connectivity index (χ1n) is 11.7. The Morgan fingerprint density at radius 2 is 1.42 bits per heavy atom. The van der Waals surface area contributed by atoms with E-state index in [4.69, 9.17) is 10.5 Å². The molecule has 4 rings (SSSR count). The van der Waals surface area contributed by atoms with Gasteiger partial charge in [-0.25, -0.2) is 4.79 Å². The number of alkyl carbamates (subject to hydrolysis) is 1. The highest BCUT2D eigenvalue weighted by molar-refractivity contribution is 5.92. The zero-order valence-corrected chi connectivity index (χ0v) is 19.6. The number of H-pyrrole nitrogens is 1. The van der Waals surface area contributed by atoms with Crippen LogP contribution in [-0.2, 0) is 33.8 Å². The third-order valence-electron chi connectivity index (χ3n) is 5.86. The molecule has 0 spiro atoms. The molecule has 8 nitrogen and oxygen atoms in total. The van der Waals surface area contributed by atoms with Crippen LogP contribution in [0.2, 0.25) is 0 Å². The molecule has 0 bridgehead atoms. The highest BCUT2D eigenvalue weighted by atomic mass is 16.5. The number of nitrogens with one attached hydrogen (secondary N) is 3. The molecule has 0 unspecified atom stereocenters.